The zero-order valence-corrected chi connectivity index (χ0v) is 11.6. The first-order valence-corrected chi connectivity index (χ1v) is 6.78. The highest BCUT2D eigenvalue weighted by Crippen LogP contribution is 2.27. The normalized spacial score (nSPS) is 12.2. The standard InChI is InChI=1S/C17H21NO/c1-3-18(13-15-9-5-4-6-10-15)17-12-8-7-11-16(17)14(2)19/h4-12,14,19H,3,13H2,1-2H3/t14-/m1/s1. The van der Waals surface area contributed by atoms with Crippen LogP contribution in [0.5, 0.6) is 0 Å². The smallest absolute Gasteiger partial charge is 0.0781 e. The third kappa shape index (κ3) is 3.36. The van der Waals surface area contributed by atoms with Gasteiger partial charge in [-0.15, -0.1) is 0 Å². The molecule has 0 bridgehead atoms. The van der Waals surface area contributed by atoms with E-state index in [1.54, 1.807) is 0 Å². The molecule has 0 spiro atoms. The highest BCUT2D eigenvalue weighted by molar-refractivity contribution is 5.54. The Morgan fingerprint density at radius 3 is 2.26 bits per heavy atom. The van der Waals surface area contributed by atoms with Crippen LogP contribution in [0.4, 0.5) is 5.69 Å². The lowest BCUT2D eigenvalue weighted by Gasteiger charge is -2.26. The Morgan fingerprint density at radius 2 is 1.63 bits per heavy atom. The molecule has 2 aromatic rings. The van der Waals surface area contributed by atoms with Gasteiger partial charge in [0.15, 0.2) is 0 Å². The topological polar surface area (TPSA) is 23.5 Å². The summed E-state index contributed by atoms with van der Waals surface area (Å²) in [6.45, 7) is 5.73. The maximum absolute atomic E-state index is 9.89. The molecule has 2 aromatic carbocycles. The van der Waals surface area contributed by atoms with E-state index in [9.17, 15) is 5.11 Å². The van der Waals surface area contributed by atoms with Crippen molar-refractivity contribution in [1.82, 2.24) is 0 Å². The molecule has 19 heavy (non-hydrogen) atoms. The molecule has 1 atom stereocenters. The van der Waals surface area contributed by atoms with E-state index in [0.29, 0.717) is 0 Å². The lowest BCUT2D eigenvalue weighted by molar-refractivity contribution is 0.199. The Balaban J connectivity index is 2.27. The van der Waals surface area contributed by atoms with Gasteiger partial charge in [0.1, 0.15) is 0 Å². The van der Waals surface area contributed by atoms with E-state index in [2.05, 4.69) is 42.2 Å². The van der Waals surface area contributed by atoms with Gasteiger partial charge in [-0.1, -0.05) is 48.5 Å². The zero-order valence-electron chi connectivity index (χ0n) is 11.6. The molecule has 0 fully saturated rings. The molecule has 2 rings (SSSR count). The average molecular weight is 255 g/mol. The molecule has 1 N–H and O–H groups in total. The van der Waals surface area contributed by atoms with Gasteiger partial charge < -0.3 is 10.0 Å². The Kier molecular flexibility index (Phi) is 4.58. The van der Waals surface area contributed by atoms with Crippen molar-refractivity contribution in [2.75, 3.05) is 11.4 Å². The van der Waals surface area contributed by atoms with Gasteiger partial charge >= 0.3 is 0 Å². The van der Waals surface area contributed by atoms with Crippen molar-refractivity contribution in [2.24, 2.45) is 0 Å². The molecule has 0 aromatic heterocycles. The molecule has 2 heteroatoms. The molecular weight excluding hydrogens is 234 g/mol. The van der Waals surface area contributed by atoms with Crippen molar-refractivity contribution in [2.45, 2.75) is 26.5 Å². The number of rotatable bonds is 5. The van der Waals surface area contributed by atoms with Crippen LogP contribution in [0.1, 0.15) is 31.1 Å². The van der Waals surface area contributed by atoms with Crippen LogP contribution in [0, 0.1) is 0 Å². The molecule has 0 saturated carbocycles. The van der Waals surface area contributed by atoms with Gasteiger partial charge in [0.2, 0.25) is 0 Å². The third-order valence-corrected chi connectivity index (χ3v) is 3.33. The minimum absolute atomic E-state index is 0.443. The van der Waals surface area contributed by atoms with Crippen molar-refractivity contribution >= 4 is 5.69 Å². The van der Waals surface area contributed by atoms with Crippen LogP contribution in [0.3, 0.4) is 0 Å². The molecule has 0 unspecified atom stereocenters. The first kappa shape index (κ1) is 13.6. The number of aliphatic hydroxyl groups is 1. The minimum atomic E-state index is -0.443. The number of nitrogens with zero attached hydrogens (tertiary/aromatic N) is 1. The van der Waals surface area contributed by atoms with Gasteiger partial charge in [-0.25, -0.2) is 0 Å². The number of para-hydroxylation sites is 1. The van der Waals surface area contributed by atoms with E-state index >= 15 is 0 Å². The second-order valence-electron chi connectivity index (χ2n) is 4.73. The Morgan fingerprint density at radius 1 is 1.00 bits per heavy atom. The number of anilines is 1. The summed E-state index contributed by atoms with van der Waals surface area (Å²) in [4.78, 5) is 2.29. The Hall–Kier alpha value is -1.80. The van der Waals surface area contributed by atoms with E-state index in [4.69, 9.17) is 0 Å². The average Bonchev–Trinajstić information content (AvgIpc) is 2.46. The molecule has 0 aliphatic rings. The van der Waals surface area contributed by atoms with Gasteiger partial charge in [-0.3, -0.25) is 0 Å². The summed E-state index contributed by atoms with van der Waals surface area (Å²) in [5.74, 6) is 0. The van der Waals surface area contributed by atoms with Crippen LogP contribution in [0.15, 0.2) is 54.6 Å². The lowest BCUT2D eigenvalue weighted by atomic mass is 10.1. The molecule has 0 radical (unpaired) electrons. The summed E-state index contributed by atoms with van der Waals surface area (Å²) in [6, 6.07) is 18.5. The summed E-state index contributed by atoms with van der Waals surface area (Å²) < 4.78 is 0. The quantitative estimate of drug-likeness (QED) is 0.879. The third-order valence-electron chi connectivity index (χ3n) is 3.33. The van der Waals surface area contributed by atoms with Gasteiger partial charge in [0, 0.05) is 24.3 Å². The Labute approximate surface area is 115 Å². The van der Waals surface area contributed by atoms with Crippen LogP contribution < -0.4 is 4.90 Å². The lowest BCUT2D eigenvalue weighted by Crippen LogP contribution is -2.23. The molecule has 0 heterocycles. The van der Waals surface area contributed by atoms with Crippen LogP contribution >= 0.6 is 0 Å². The summed E-state index contributed by atoms with van der Waals surface area (Å²) >= 11 is 0. The van der Waals surface area contributed by atoms with Crippen molar-refractivity contribution in [3.63, 3.8) is 0 Å². The summed E-state index contributed by atoms with van der Waals surface area (Å²) in [5.41, 5.74) is 3.38. The van der Waals surface area contributed by atoms with Gasteiger partial charge in [-0.05, 0) is 25.5 Å². The fraction of sp³-hybridized carbons (Fsp3) is 0.294. The number of hydrogen-bond acceptors (Lipinski definition) is 2. The highest BCUT2D eigenvalue weighted by atomic mass is 16.3. The van der Waals surface area contributed by atoms with E-state index < -0.39 is 6.10 Å². The molecule has 100 valence electrons. The molecule has 0 saturated heterocycles. The maximum Gasteiger partial charge on any atom is 0.0781 e. The SMILES string of the molecule is CCN(Cc1ccccc1)c1ccccc1[C@@H](C)O. The molecule has 0 aliphatic carbocycles. The van der Waals surface area contributed by atoms with E-state index in [0.717, 1.165) is 24.3 Å². The van der Waals surface area contributed by atoms with E-state index in [-0.39, 0.29) is 0 Å². The number of benzene rings is 2. The fourth-order valence-corrected chi connectivity index (χ4v) is 2.30. The van der Waals surface area contributed by atoms with Gasteiger partial charge in [-0.2, -0.15) is 0 Å². The first-order valence-electron chi connectivity index (χ1n) is 6.78. The summed E-state index contributed by atoms with van der Waals surface area (Å²) in [6.07, 6.45) is -0.443. The molecule has 0 aliphatic heterocycles. The first-order chi connectivity index (χ1) is 9.22. The van der Waals surface area contributed by atoms with Gasteiger partial charge in [0.05, 0.1) is 6.10 Å². The van der Waals surface area contributed by atoms with Crippen LogP contribution in [-0.4, -0.2) is 11.7 Å². The second-order valence-corrected chi connectivity index (χ2v) is 4.73. The fourth-order valence-electron chi connectivity index (χ4n) is 2.30. The van der Waals surface area contributed by atoms with Crippen molar-refractivity contribution in [1.29, 1.82) is 0 Å². The minimum Gasteiger partial charge on any atom is -0.389 e. The van der Waals surface area contributed by atoms with Gasteiger partial charge in [0.25, 0.3) is 0 Å². The number of hydrogen-bond donors (Lipinski definition) is 1. The number of aliphatic hydroxyl groups excluding tert-OH is 1. The van der Waals surface area contributed by atoms with Crippen molar-refractivity contribution in [3.8, 4) is 0 Å². The predicted molar refractivity (Wildman–Crippen MR) is 80.2 cm³/mol. The molecule has 2 nitrogen and oxygen atoms in total. The highest BCUT2D eigenvalue weighted by Gasteiger charge is 2.12. The molecule has 0 amide bonds. The van der Waals surface area contributed by atoms with E-state index in [1.807, 2.05) is 31.2 Å². The largest absolute Gasteiger partial charge is 0.389 e. The Bertz CT molecular complexity index is 508. The second kappa shape index (κ2) is 6.39. The predicted octanol–water partition coefficient (Wildman–Crippen LogP) is 3.77. The summed E-state index contributed by atoms with van der Waals surface area (Å²) in [7, 11) is 0. The molecular formula is C17H21NO. The maximum atomic E-state index is 9.89. The van der Waals surface area contributed by atoms with Crippen LogP contribution in [-0.2, 0) is 6.54 Å². The van der Waals surface area contributed by atoms with Crippen LogP contribution in [0.2, 0.25) is 0 Å². The monoisotopic (exact) mass is 255 g/mol. The van der Waals surface area contributed by atoms with E-state index in [1.165, 1.54) is 5.56 Å². The zero-order chi connectivity index (χ0) is 13.7. The summed E-state index contributed by atoms with van der Waals surface area (Å²) in [5, 5.41) is 9.89. The van der Waals surface area contributed by atoms with Crippen molar-refractivity contribution in [3.05, 3.63) is 65.7 Å². The van der Waals surface area contributed by atoms with Crippen LogP contribution in [0.25, 0.3) is 0 Å². The van der Waals surface area contributed by atoms with Crippen molar-refractivity contribution < 1.29 is 5.11 Å².